The van der Waals surface area contributed by atoms with Gasteiger partial charge in [0.15, 0.2) is 10.6 Å². The number of ether oxygens (including phenoxy) is 1. The van der Waals surface area contributed by atoms with Gasteiger partial charge in [-0.3, -0.25) is 5.32 Å². The lowest BCUT2D eigenvalue weighted by Crippen LogP contribution is -2.55. The van der Waals surface area contributed by atoms with E-state index in [1.165, 1.54) is 16.4 Å². The van der Waals surface area contributed by atoms with E-state index in [0.717, 1.165) is 0 Å². The zero-order valence-corrected chi connectivity index (χ0v) is 17.0. The van der Waals surface area contributed by atoms with Gasteiger partial charge in [-0.1, -0.05) is 0 Å². The molecule has 0 aliphatic carbocycles. The zero-order chi connectivity index (χ0) is 21.1. The molecule has 2 aromatic heterocycles. The number of nitrogens with two attached hydrogens (primary N) is 1. The van der Waals surface area contributed by atoms with Crippen LogP contribution in [0.5, 0.6) is 5.75 Å². The van der Waals surface area contributed by atoms with Crippen molar-refractivity contribution in [2.75, 3.05) is 49.3 Å². The highest BCUT2D eigenvalue weighted by Crippen LogP contribution is 2.28. The van der Waals surface area contributed by atoms with Crippen molar-refractivity contribution in [2.45, 2.75) is 6.04 Å². The minimum Gasteiger partial charge on any atom is -0.497 e. The van der Waals surface area contributed by atoms with Gasteiger partial charge >= 0.3 is 6.09 Å². The highest BCUT2D eigenvalue weighted by Gasteiger charge is 2.31. The molecule has 1 amide bonds. The molecule has 1 fully saturated rings. The van der Waals surface area contributed by atoms with E-state index in [0.29, 0.717) is 47.2 Å². The predicted molar refractivity (Wildman–Crippen MR) is 113 cm³/mol. The van der Waals surface area contributed by atoms with Gasteiger partial charge in [-0.2, -0.15) is 4.98 Å². The maximum Gasteiger partial charge on any atom is 0.430 e. The SMILES string of the molecule is COc1ccc(NC(=O)ON2CCN(c3nc(N)nc4scnc34)C[C@H]2CO)cc1. The number of aliphatic hydroxyl groups excluding tert-OH is 1. The van der Waals surface area contributed by atoms with Gasteiger partial charge in [0.05, 0.1) is 31.8 Å². The molecular weight excluding hydrogens is 410 g/mol. The summed E-state index contributed by atoms with van der Waals surface area (Å²) in [7, 11) is 1.57. The molecule has 0 unspecified atom stereocenters. The summed E-state index contributed by atoms with van der Waals surface area (Å²) in [5.74, 6) is 1.46. The first-order chi connectivity index (χ1) is 14.6. The Balaban J connectivity index is 1.42. The molecule has 4 rings (SSSR count). The first-order valence-electron chi connectivity index (χ1n) is 9.19. The van der Waals surface area contributed by atoms with Gasteiger partial charge in [0, 0.05) is 18.8 Å². The first-order valence-corrected chi connectivity index (χ1v) is 10.1. The lowest BCUT2D eigenvalue weighted by molar-refractivity contribution is -0.140. The monoisotopic (exact) mass is 431 g/mol. The number of nitrogen functional groups attached to an aromatic ring is 1. The van der Waals surface area contributed by atoms with Crippen molar-refractivity contribution in [1.82, 2.24) is 20.0 Å². The molecular formula is C18H21N7O4S. The third-order valence-corrected chi connectivity index (χ3v) is 5.39. The number of aliphatic hydroxyl groups is 1. The van der Waals surface area contributed by atoms with E-state index in [1.54, 1.807) is 36.9 Å². The summed E-state index contributed by atoms with van der Waals surface area (Å²) in [6, 6.07) is 6.44. The Hall–Kier alpha value is -3.22. The number of hydrogen-bond donors (Lipinski definition) is 3. The van der Waals surface area contributed by atoms with Crippen LogP contribution < -0.4 is 20.7 Å². The van der Waals surface area contributed by atoms with Crippen LogP contribution in [0.4, 0.5) is 22.2 Å². The topological polar surface area (TPSA) is 139 Å². The third-order valence-electron chi connectivity index (χ3n) is 4.67. The van der Waals surface area contributed by atoms with Crippen LogP contribution in [-0.4, -0.2) is 70.6 Å². The molecule has 11 nitrogen and oxygen atoms in total. The smallest absolute Gasteiger partial charge is 0.430 e. The van der Waals surface area contributed by atoms with Crippen LogP contribution in [-0.2, 0) is 4.84 Å². The molecule has 12 heteroatoms. The van der Waals surface area contributed by atoms with Gasteiger partial charge < -0.3 is 25.3 Å². The molecule has 4 N–H and O–H groups in total. The molecule has 0 spiro atoms. The second-order valence-corrected chi connectivity index (χ2v) is 7.40. The molecule has 3 heterocycles. The van der Waals surface area contributed by atoms with E-state index in [-0.39, 0.29) is 12.6 Å². The number of hydrogen-bond acceptors (Lipinski definition) is 11. The molecule has 1 aromatic carbocycles. The summed E-state index contributed by atoms with van der Waals surface area (Å²) < 4.78 is 5.09. The van der Waals surface area contributed by atoms with Crippen LogP contribution in [0, 0.1) is 0 Å². The summed E-state index contributed by atoms with van der Waals surface area (Å²) >= 11 is 1.38. The number of amides is 1. The zero-order valence-electron chi connectivity index (χ0n) is 16.2. The van der Waals surface area contributed by atoms with Gasteiger partial charge in [0.1, 0.15) is 11.3 Å². The Labute approximate surface area is 176 Å². The summed E-state index contributed by atoms with van der Waals surface area (Å²) in [6.45, 7) is 1.06. The largest absolute Gasteiger partial charge is 0.497 e. The average Bonchev–Trinajstić information content (AvgIpc) is 3.22. The number of thiazole rings is 1. The molecule has 30 heavy (non-hydrogen) atoms. The van der Waals surface area contributed by atoms with E-state index in [2.05, 4.69) is 20.3 Å². The van der Waals surface area contributed by atoms with E-state index >= 15 is 0 Å². The highest BCUT2D eigenvalue weighted by atomic mass is 32.1. The van der Waals surface area contributed by atoms with Crippen LogP contribution in [0.3, 0.4) is 0 Å². The number of anilines is 3. The van der Waals surface area contributed by atoms with Crippen molar-refractivity contribution in [3.63, 3.8) is 0 Å². The summed E-state index contributed by atoms with van der Waals surface area (Å²) in [6.07, 6.45) is -0.639. The summed E-state index contributed by atoms with van der Waals surface area (Å²) in [5.41, 5.74) is 8.75. The molecule has 158 valence electrons. The second kappa shape index (κ2) is 8.65. The van der Waals surface area contributed by atoms with E-state index in [4.69, 9.17) is 15.3 Å². The number of methoxy groups -OCH3 is 1. The average molecular weight is 431 g/mol. The number of nitrogens with one attached hydrogen (secondary N) is 1. The van der Waals surface area contributed by atoms with Crippen molar-refractivity contribution in [1.29, 1.82) is 0 Å². The summed E-state index contributed by atoms with van der Waals surface area (Å²) in [4.78, 5) is 33.2. The Morgan fingerprint density at radius 1 is 1.33 bits per heavy atom. The van der Waals surface area contributed by atoms with Crippen molar-refractivity contribution in [3.05, 3.63) is 29.8 Å². The number of benzene rings is 1. The fourth-order valence-electron chi connectivity index (χ4n) is 3.21. The van der Waals surface area contributed by atoms with Crippen molar-refractivity contribution < 1.29 is 19.5 Å². The van der Waals surface area contributed by atoms with Gasteiger partial charge in [-0.05, 0) is 24.3 Å². The number of rotatable bonds is 5. The van der Waals surface area contributed by atoms with Crippen LogP contribution in [0.1, 0.15) is 0 Å². The van der Waals surface area contributed by atoms with Crippen LogP contribution in [0.2, 0.25) is 0 Å². The highest BCUT2D eigenvalue weighted by molar-refractivity contribution is 7.16. The fourth-order valence-corrected chi connectivity index (χ4v) is 3.86. The van der Waals surface area contributed by atoms with E-state index < -0.39 is 12.1 Å². The van der Waals surface area contributed by atoms with E-state index in [9.17, 15) is 9.90 Å². The van der Waals surface area contributed by atoms with Gasteiger partial charge in [0.2, 0.25) is 5.95 Å². The maximum absolute atomic E-state index is 12.3. The standard InChI is InChI=1S/C18H21N7O4S/c1-28-13-4-2-11(3-5-13)21-18(27)29-25-7-6-24(8-12(25)9-26)15-14-16(30-10-20-14)23-17(19)22-15/h2-5,10,12,26H,6-9H2,1H3,(H,21,27)(H2,19,22,23)/t12-/m0/s1. The minimum absolute atomic E-state index is 0.167. The maximum atomic E-state index is 12.3. The number of piperazine rings is 1. The van der Waals surface area contributed by atoms with Gasteiger partial charge in [-0.15, -0.1) is 16.4 Å². The lowest BCUT2D eigenvalue weighted by Gasteiger charge is -2.39. The number of fused-ring (bicyclic) bond motifs is 1. The van der Waals surface area contributed by atoms with Crippen LogP contribution in [0.15, 0.2) is 29.8 Å². The Morgan fingerprint density at radius 2 is 2.13 bits per heavy atom. The second-order valence-electron chi connectivity index (χ2n) is 6.57. The number of carbonyl (C=O) groups excluding carboxylic acids is 1. The number of carbonyl (C=O) groups is 1. The van der Waals surface area contributed by atoms with Crippen molar-refractivity contribution in [2.24, 2.45) is 0 Å². The molecule has 0 radical (unpaired) electrons. The molecule has 1 saturated heterocycles. The number of nitrogens with zero attached hydrogens (tertiary/aromatic N) is 5. The molecule has 1 atom stereocenters. The number of hydroxylamine groups is 2. The first kappa shape index (κ1) is 20.1. The minimum atomic E-state index is -0.639. The quantitative estimate of drug-likeness (QED) is 0.542. The number of aromatic nitrogens is 3. The molecule has 3 aromatic rings. The Bertz CT molecular complexity index is 1030. The third kappa shape index (κ3) is 4.20. The molecule has 1 aliphatic rings. The predicted octanol–water partition coefficient (Wildman–Crippen LogP) is 1.32. The van der Waals surface area contributed by atoms with Gasteiger partial charge in [0.25, 0.3) is 0 Å². The van der Waals surface area contributed by atoms with Crippen LogP contribution in [0.25, 0.3) is 10.3 Å². The fraction of sp³-hybridized carbons (Fsp3) is 0.333. The Morgan fingerprint density at radius 3 is 2.87 bits per heavy atom. The molecule has 0 bridgehead atoms. The Kier molecular flexibility index (Phi) is 5.79. The molecule has 0 saturated carbocycles. The normalized spacial score (nSPS) is 17.1. The van der Waals surface area contributed by atoms with Gasteiger partial charge in [-0.25, -0.2) is 14.8 Å². The van der Waals surface area contributed by atoms with Crippen molar-refractivity contribution in [3.8, 4) is 5.75 Å². The van der Waals surface area contributed by atoms with E-state index in [1.807, 2.05) is 4.90 Å². The summed E-state index contributed by atoms with van der Waals surface area (Å²) in [5, 5.41) is 14.0. The van der Waals surface area contributed by atoms with Crippen LogP contribution >= 0.6 is 11.3 Å². The lowest BCUT2D eigenvalue weighted by atomic mass is 10.2. The molecule has 1 aliphatic heterocycles. The van der Waals surface area contributed by atoms with Crippen molar-refractivity contribution >= 4 is 45.2 Å².